The number of carbonyl (C=O) groups excluding carboxylic acids is 1. The summed E-state index contributed by atoms with van der Waals surface area (Å²) in [4.78, 5) is 13.1. The van der Waals surface area contributed by atoms with Crippen LogP contribution in [-0.4, -0.2) is 37.5 Å². The van der Waals surface area contributed by atoms with Gasteiger partial charge in [0.25, 0.3) is 0 Å². The minimum absolute atomic E-state index is 0.0740. The highest BCUT2D eigenvalue weighted by Gasteiger charge is 2.28. The van der Waals surface area contributed by atoms with Crippen LogP contribution in [0.4, 0.5) is 0 Å². The van der Waals surface area contributed by atoms with E-state index < -0.39 is 0 Å². The van der Waals surface area contributed by atoms with Gasteiger partial charge in [0, 0.05) is 14.1 Å². The summed E-state index contributed by atoms with van der Waals surface area (Å²) < 4.78 is 0. The molecule has 1 heterocycles. The molecule has 70 valence electrons. The van der Waals surface area contributed by atoms with Crippen molar-refractivity contribution in [1.82, 2.24) is 10.2 Å². The summed E-state index contributed by atoms with van der Waals surface area (Å²) in [6.45, 7) is 3.18. The minimum Gasteiger partial charge on any atom is -0.347 e. The van der Waals surface area contributed by atoms with Crippen LogP contribution in [-0.2, 0) is 4.79 Å². The topological polar surface area (TPSA) is 32.3 Å². The van der Waals surface area contributed by atoms with E-state index in [4.69, 9.17) is 0 Å². The average Bonchev–Trinajstić information content (AvgIpc) is 2.50. The van der Waals surface area contributed by atoms with Crippen molar-refractivity contribution in [2.24, 2.45) is 5.92 Å². The van der Waals surface area contributed by atoms with Gasteiger partial charge in [-0.2, -0.15) is 0 Å². The minimum atomic E-state index is 0.0740. The first kappa shape index (κ1) is 9.52. The van der Waals surface area contributed by atoms with Crippen molar-refractivity contribution in [2.45, 2.75) is 25.8 Å². The molecular formula is C9H18N2O. The van der Waals surface area contributed by atoms with Crippen molar-refractivity contribution in [1.29, 1.82) is 0 Å². The maximum atomic E-state index is 11.5. The van der Waals surface area contributed by atoms with Gasteiger partial charge in [0.15, 0.2) is 0 Å². The molecule has 0 spiro atoms. The van der Waals surface area contributed by atoms with Crippen LogP contribution in [0.25, 0.3) is 0 Å². The molecule has 1 aliphatic heterocycles. The fourth-order valence-corrected chi connectivity index (χ4v) is 1.62. The maximum absolute atomic E-state index is 11.5. The molecule has 1 N–H and O–H groups in total. The molecule has 0 aromatic heterocycles. The number of hydrogen-bond acceptors (Lipinski definition) is 2. The highest BCUT2D eigenvalue weighted by molar-refractivity contribution is 5.81. The van der Waals surface area contributed by atoms with Crippen molar-refractivity contribution in [3.63, 3.8) is 0 Å². The zero-order valence-electron chi connectivity index (χ0n) is 8.13. The monoisotopic (exact) mass is 170 g/mol. The molecule has 2 atom stereocenters. The van der Waals surface area contributed by atoms with E-state index in [9.17, 15) is 4.79 Å². The second-order valence-electron chi connectivity index (χ2n) is 3.70. The molecule has 0 aromatic rings. The van der Waals surface area contributed by atoms with Gasteiger partial charge in [-0.3, -0.25) is 4.79 Å². The van der Waals surface area contributed by atoms with Gasteiger partial charge in [-0.15, -0.1) is 0 Å². The van der Waals surface area contributed by atoms with Gasteiger partial charge in [0.1, 0.15) is 0 Å². The second kappa shape index (κ2) is 3.90. The lowest BCUT2D eigenvalue weighted by Gasteiger charge is -2.15. The molecular weight excluding hydrogens is 152 g/mol. The highest BCUT2D eigenvalue weighted by Crippen LogP contribution is 2.17. The summed E-state index contributed by atoms with van der Waals surface area (Å²) in [5, 5.41) is 3.25. The lowest BCUT2D eigenvalue weighted by molar-refractivity contribution is -0.130. The standard InChI is InChI=1S/C9H18N2O/c1-4-7-5-8(10-6-7)9(12)11(2)3/h7-8,10H,4-6H2,1-3H3/t7-,8?/m0/s1. The lowest BCUT2D eigenvalue weighted by Crippen LogP contribution is -2.39. The Labute approximate surface area is 74.1 Å². The Bertz CT molecular complexity index is 168. The van der Waals surface area contributed by atoms with Crippen LogP contribution in [0.15, 0.2) is 0 Å². The molecule has 1 saturated heterocycles. The fourth-order valence-electron chi connectivity index (χ4n) is 1.62. The Morgan fingerprint density at radius 2 is 2.25 bits per heavy atom. The Balaban J connectivity index is 2.41. The van der Waals surface area contributed by atoms with E-state index in [1.54, 1.807) is 4.90 Å². The number of amides is 1. The van der Waals surface area contributed by atoms with E-state index in [1.165, 1.54) is 6.42 Å². The van der Waals surface area contributed by atoms with Crippen LogP contribution in [0.2, 0.25) is 0 Å². The van der Waals surface area contributed by atoms with Gasteiger partial charge >= 0.3 is 0 Å². The fraction of sp³-hybridized carbons (Fsp3) is 0.889. The van der Waals surface area contributed by atoms with Crippen molar-refractivity contribution in [3.8, 4) is 0 Å². The SMILES string of the molecule is CC[C@@H]1CNC(C(=O)N(C)C)C1. The third-order valence-electron chi connectivity index (χ3n) is 2.54. The molecule has 0 aliphatic carbocycles. The Morgan fingerprint density at radius 1 is 1.58 bits per heavy atom. The molecule has 12 heavy (non-hydrogen) atoms. The predicted molar refractivity (Wildman–Crippen MR) is 48.9 cm³/mol. The van der Waals surface area contributed by atoms with E-state index in [1.807, 2.05) is 14.1 Å². The summed E-state index contributed by atoms with van der Waals surface area (Å²) in [7, 11) is 3.62. The first-order valence-corrected chi connectivity index (χ1v) is 4.59. The summed E-state index contributed by atoms with van der Waals surface area (Å²) in [6, 6.07) is 0.0740. The molecule has 1 fully saturated rings. The summed E-state index contributed by atoms with van der Waals surface area (Å²) >= 11 is 0. The number of rotatable bonds is 2. The second-order valence-corrected chi connectivity index (χ2v) is 3.70. The smallest absolute Gasteiger partial charge is 0.239 e. The molecule has 1 amide bonds. The van der Waals surface area contributed by atoms with Gasteiger partial charge in [-0.05, 0) is 18.9 Å². The van der Waals surface area contributed by atoms with Gasteiger partial charge in [-0.1, -0.05) is 13.3 Å². The summed E-state index contributed by atoms with van der Waals surface area (Å²) in [5.74, 6) is 0.907. The zero-order valence-corrected chi connectivity index (χ0v) is 8.13. The molecule has 0 saturated carbocycles. The Kier molecular flexibility index (Phi) is 3.09. The number of nitrogens with one attached hydrogen (secondary N) is 1. The average molecular weight is 170 g/mol. The van der Waals surface area contributed by atoms with Crippen LogP contribution in [0.5, 0.6) is 0 Å². The lowest BCUT2D eigenvalue weighted by atomic mass is 10.0. The van der Waals surface area contributed by atoms with E-state index in [0.29, 0.717) is 5.92 Å². The van der Waals surface area contributed by atoms with Crippen LogP contribution in [0, 0.1) is 5.92 Å². The maximum Gasteiger partial charge on any atom is 0.239 e. The first-order valence-electron chi connectivity index (χ1n) is 4.59. The number of hydrogen-bond donors (Lipinski definition) is 1. The van der Waals surface area contributed by atoms with Crippen molar-refractivity contribution >= 4 is 5.91 Å². The highest BCUT2D eigenvalue weighted by atomic mass is 16.2. The number of nitrogens with zero attached hydrogens (tertiary/aromatic N) is 1. The summed E-state index contributed by atoms with van der Waals surface area (Å²) in [6.07, 6.45) is 2.18. The number of carbonyl (C=O) groups is 1. The van der Waals surface area contributed by atoms with Gasteiger partial charge in [-0.25, -0.2) is 0 Å². The third kappa shape index (κ3) is 1.97. The Morgan fingerprint density at radius 3 is 2.67 bits per heavy atom. The normalized spacial score (nSPS) is 28.9. The first-order chi connectivity index (χ1) is 5.65. The van der Waals surface area contributed by atoms with E-state index >= 15 is 0 Å². The quantitative estimate of drug-likeness (QED) is 0.653. The predicted octanol–water partition coefficient (Wildman–Crippen LogP) is 0.463. The van der Waals surface area contributed by atoms with Crippen LogP contribution < -0.4 is 5.32 Å². The Hall–Kier alpha value is -0.570. The molecule has 0 aromatic carbocycles. The van der Waals surface area contributed by atoms with Crippen molar-refractivity contribution in [2.75, 3.05) is 20.6 Å². The molecule has 0 bridgehead atoms. The van der Waals surface area contributed by atoms with E-state index in [2.05, 4.69) is 12.2 Å². The van der Waals surface area contributed by atoms with Crippen LogP contribution >= 0.6 is 0 Å². The van der Waals surface area contributed by atoms with Crippen LogP contribution in [0.3, 0.4) is 0 Å². The molecule has 1 unspecified atom stereocenters. The van der Waals surface area contributed by atoms with Gasteiger partial charge < -0.3 is 10.2 Å². The molecule has 1 aliphatic rings. The van der Waals surface area contributed by atoms with Crippen LogP contribution in [0.1, 0.15) is 19.8 Å². The largest absolute Gasteiger partial charge is 0.347 e. The van der Waals surface area contributed by atoms with E-state index in [-0.39, 0.29) is 11.9 Å². The van der Waals surface area contributed by atoms with Gasteiger partial charge in [0.05, 0.1) is 6.04 Å². The molecule has 1 rings (SSSR count). The summed E-state index contributed by atoms with van der Waals surface area (Å²) in [5.41, 5.74) is 0. The third-order valence-corrected chi connectivity index (χ3v) is 2.54. The molecule has 0 radical (unpaired) electrons. The van der Waals surface area contributed by atoms with Gasteiger partial charge in [0.2, 0.25) is 5.91 Å². The van der Waals surface area contributed by atoms with Crippen molar-refractivity contribution < 1.29 is 4.79 Å². The van der Waals surface area contributed by atoms with E-state index in [0.717, 1.165) is 13.0 Å². The molecule has 3 heteroatoms. The zero-order chi connectivity index (χ0) is 9.14. The number of likely N-dealkylation sites (N-methyl/N-ethyl adjacent to an activating group) is 1. The van der Waals surface area contributed by atoms with Crippen molar-refractivity contribution in [3.05, 3.63) is 0 Å². The molecule has 3 nitrogen and oxygen atoms in total.